The molecule has 0 radical (unpaired) electrons. The molecule has 0 aliphatic rings. The predicted molar refractivity (Wildman–Crippen MR) is 46.5 cm³/mol. The van der Waals surface area contributed by atoms with E-state index in [4.69, 9.17) is 16.6 Å². The average Bonchev–Trinajstić information content (AvgIpc) is 1.98. The number of hydrogen-bond donors (Lipinski definition) is 4. The molecule has 1 unspecified atom stereocenters. The number of primary amides is 1. The minimum atomic E-state index is -0.934. The first-order valence-electron chi connectivity index (χ1n) is 3.93. The Bertz CT molecular complexity index is 193. The van der Waals surface area contributed by atoms with Crippen LogP contribution < -0.4 is 16.8 Å². The average molecular weight is 189 g/mol. The molecule has 0 saturated heterocycles. The van der Waals surface area contributed by atoms with E-state index < -0.39 is 24.0 Å². The van der Waals surface area contributed by atoms with Gasteiger partial charge in [0.15, 0.2) is 0 Å². The quantitative estimate of drug-likeness (QED) is 0.388. The monoisotopic (exact) mass is 189 g/mol. The molecule has 0 aromatic heterocycles. The van der Waals surface area contributed by atoms with E-state index in [-0.39, 0.29) is 13.0 Å². The standard InChI is InChI=1S/C7H15N3O3/c1-4(11)3-10-7(13)5(8)2-6(9)12/h4-5,11H,2-3,8H2,1H3,(H2,9,12)(H,10,13)/t4?,5-/m0/s1. The fourth-order valence-electron chi connectivity index (χ4n) is 0.689. The van der Waals surface area contributed by atoms with E-state index in [9.17, 15) is 9.59 Å². The Labute approximate surface area is 76.3 Å². The van der Waals surface area contributed by atoms with Gasteiger partial charge in [-0.05, 0) is 6.92 Å². The highest BCUT2D eigenvalue weighted by molar-refractivity contribution is 5.87. The van der Waals surface area contributed by atoms with Crippen LogP contribution in [0.25, 0.3) is 0 Å². The van der Waals surface area contributed by atoms with Crippen molar-refractivity contribution in [3.63, 3.8) is 0 Å². The van der Waals surface area contributed by atoms with E-state index in [0.29, 0.717) is 0 Å². The summed E-state index contributed by atoms with van der Waals surface area (Å²) in [5.74, 6) is -1.11. The van der Waals surface area contributed by atoms with Crippen LogP contribution in [0.5, 0.6) is 0 Å². The number of rotatable bonds is 5. The molecule has 0 aliphatic carbocycles. The highest BCUT2D eigenvalue weighted by atomic mass is 16.3. The molecule has 6 nitrogen and oxygen atoms in total. The zero-order valence-corrected chi connectivity index (χ0v) is 7.49. The number of aliphatic hydroxyl groups excluding tert-OH is 1. The molecule has 0 rings (SSSR count). The van der Waals surface area contributed by atoms with Crippen molar-refractivity contribution >= 4 is 11.8 Å². The van der Waals surface area contributed by atoms with Gasteiger partial charge in [-0.2, -0.15) is 0 Å². The maximum Gasteiger partial charge on any atom is 0.237 e. The number of nitrogens with two attached hydrogens (primary N) is 2. The largest absolute Gasteiger partial charge is 0.392 e. The molecule has 0 spiro atoms. The van der Waals surface area contributed by atoms with Gasteiger partial charge in [-0.3, -0.25) is 9.59 Å². The zero-order chi connectivity index (χ0) is 10.4. The molecule has 0 aromatic carbocycles. The summed E-state index contributed by atoms with van der Waals surface area (Å²) in [5.41, 5.74) is 10.1. The number of nitrogens with one attached hydrogen (secondary N) is 1. The van der Waals surface area contributed by atoms with Crippen molar-refractivity contribution in [3.8, 4) is 0 Å². The Kier molecular flexibility index (Phi) is 5.01. The van der Waals surface area contributed by atoms with E-state index in [1.165, 1.54) is 6.92 Å². The second kappa shape index (κ2) is 5.50. The second-order valence-corrected chi connectivity index (χ2v) is 2.87. The van der Waals surface area contributed by atoms with Crippen molar-refractivity contribution in [1.82, 2.24) is 5.32 Å². The first-order chi connectivity index (χ1) is 5.93. The summed E-state index contributed by atoms with van der Waals surface area (Å²) in [4.78, 5) is 21.4. The van der Waals surface area contributed by atoms with Gasteiger partial charge in [-0.1, -0.05) is 0 Å². The molecule has 76 valence electrons. The van der Waals surface area contributed by atoms with Crippen molar-refractivity contribution in [2.24, 2.45) is 11.5 Å². The van der Waals surface area contributed by atoms with Crippen LogP contribution in [0, 0.1) is 0 Å². The summed E-state index contributed by atoms with van der Waals surface area (Å²) >= 11 is 0. The lowest BCUT2D eigenvalue weighted by atomic mass is 10.2. The summed E-state index contributed by atoms with van der Waals surface area (Å²) in [5, 5.41) is 11.2. The summed E-state index contributed by atoms with van der Waals surface area (Å²) in [6.07, 6.45) is -0.823. The molecule has 2 atom stereocenters. The smallest absolute Gasteiger partial charge is 0.237 e. The van der Waals surface area contributed by atoms with Gasteiger partial charge in [-0.25, -0.2) is 0 Å². The fraction of sp³-hybridized carbons (Fsp3) is 0.714. The minimum Gasteiger partial charge on any atom is -0.392 e. The molecule has 0 aliphatic heterocycles. The molecule has 0 bridgehead atoms. The topological polar surface area (TPSA) is 118 Å². The van der Waals surface area contributed by atoms with Gasteiger partial charge in [0.1, 0.15) is 0 Å². The maximum absolute atomic E-state index is 11.0. The molecular formula is C7H15N3O3. The number of amides is 2. The van der Waals surface area contributed by atoms with Crippen LogP contribution in [0.3, 0.4) is 0 Å². The highest BCUT2D eigenvalue weighted by Crippen LogP contribution is 1.87. The van der Waals surface area contributed by atoms with E-state index in [1.54, 1.807) is 0 Å². The van der Waals surface area contributed by atoms with Crippen LogP contribution in [0.15, 0.2) is 0 Å². The molecule has 0 aromatic rings. The predicted octanol–water partition coefficient (Wildman–Crippen LogP) is -2.31. The maximum atomic E-state index is 11.0. The number of aliphatic hydroxyl groups is 1. The third kappa shape index (κ3) is 6.06. The lowest BCUT2D eigenvalue weighted by molar-refractivity contribution is -0.126. The number of hydrogen-bond acceptors (Lipinski definition) is 4. The zero-order valence-electron chi connectivity index (χ0n) is 7.49. The van der Waals surface area contributed by atoms with E-state index >= 15 is 0 Å². The van der Waals surface area contributed by atoms with Crippen molar-refractivity contribution in [3.05, 3.63) is 0 Å². The molecule has 0 heterocycles. The molecule has 6 N–H and O–H groups in total. The second-order valence-electron chi connectivity index (χ2n) is 2.87. The minimum absolute atomic E-state index is 0.116. The first-order valence-corrected chi connectivity index (χ1v) is 3.93. The van der Waals surface area contributed by atoms with Gasteiger partial charge in [0.05, 0.1) is 18.6 Å². The molecule has 13 heavy (non-hydrogen) atoms. The Hall–Kier alpha value is -1.14. The van der Waals surface area contributed by atoms with Crippen molar-refractivity contribution in [2.75, 3.05) is 6.54 Å². The summed E-state index contributed by atoms with van der Waals surface area (Å²) in [7, 11) is 0. The lowest BCUT2D eigenvalue weighted by Crippen LogP contribution is -2.44. The van der Waals surface area contributed by atoms with Crippen LogP contribution >= 0.6 is 0 Å². The van der Waals surface area contributed by atoms with Crippen LogP contribution in [-0.2, 0) is 9.59 Å². The van der Waals surface area contributed by atoms with Crippen LogP contribution in [0.1, 0.15) is 13.3 Å². The van der Waals surface area contributed by atoms with Crippen molar-refractivity contribution in [2.45, 2.75) is 25.5 Å². The number of carbonyl (C=O) groups excluding carboxylic acids is 2. The van der Waals surface area contributed by atoms with Gasteiger partial charge in [0.2, 0.25) is 11.8 Å². The van der Waals surface area contributed by atoms with Gasteiger partial charge in [0.25, 0.3) is 0 Å². The van der Waals surface area contributed by atoms with E-state index in [1.807, 2.05) is 0 Å². The van der Waals surface area contributed by atoms with Gasteiger partial charge in [-0.15, -0.1) is 0 Å². The fourth-order valence-corrected chi connectivity index (χ4v) is 0.689. The van der Waals surface area contributed by atoms with Crippen molar-refractivity contribution < 1.29 is 14.7 Å². The Balaban J connectivity index is 3.76. The van der Waals surface area contributed by atoms with Crippen molar-refractivity contribution in [1.29, 1.82) is 0 Å². The molecular weight excluding hydrogens is 174 g/mol. The van der Waals surface area contributed by atoms with E-state index in [0.717, 1.165) is 0 Å². The normalized spacial score (nSPS) is 14.7. The van der Waals surface area contributed by atoms with Gasteiger partial charge in [0, 0.05) is 6.54 Å². The van der Waals surface area contributed by atoms with E-state index in [2.05, 4.69) is 5.32 Å². The number of carbonyl (C=O) groups is 2. The lowest BCUT2D eigenvalue weighted by Gasteiger charge is -2.11. The summed E-state index contributed by atoms with van der Waals surface area (Å²) in [6.45, 7) is 1.64. The van der Waals surface area contributed by atoms with Crippen LogP contribution in [0.4, 0.5) is 0 Å². The van der Waals surface area contributed by atoms with Gasteiger partial charge >= 0.3 is 0 Å². The molecule has 0 saturated carbocycles. The summed E-state index contributed by atoms with van der Waals surface area (Å²) in [6, 6.07) is -0.934. The summed E-state index contributed by atoms with van der Waals surface area (Å²) < 4.78 is 0. The Morgan fingerprint density at radius 1 is 1.54 bits per heavy atom. The Morgan fingerprint density at radius 2 is 2.08 bits per heavy atom. The highest BCUT2D eigenvalue weighted by Gasteiger charge is 2.15. The van der Waals surface area contributed by atoms with Crippen LogP contribution in [0.2, 0.25) is 0 Å². The molecule has 0 fully saturated rings. The van der Waals surface area contributed by atoms with Gasteiger partial charge < -0.3 is 21.9 Å². The SMILES string of the molecule is CC(O)CNC(=O)[C@@H](N)CC(N)=O. The van der Waals surface area contributed by atoms with Crippen LogP contribution in [-0.4, -0.2) is 35.6 Å². The Morgan fingerprint density at radius 3 is 2.46 bits per heavy atom. The molecule has 2 amide bonds. The molecule has 6 heteroatoms. The first kappa shape index (κ1) is 11.9. The third-order valence-corrected chi connectivity index (χ3v) is 1.33. The third-order valence-electron chi connectivity index (χ3n) is 1.33.